The highest BCUT2D eigenvalue weighted by molar-refractivity contribution is 4.93. The fourth-order valence-electron chi connectivity index (χ4n) is 0. The molecule has 0 rings (SSSR count). The van der Waals surface area contributed by atoms with Gasteiger partial charge in [-0.25, -0.2) is 0 Å². The van der Waals surface area contributed by atoms with Crippen molar-refractivity contribution in [3.8, 4) is 6.07 Å². The first-order valence-electron chi connectivity index (χ1n) is 0.921. The molecule has 0 aliphatic heterocycles. The molecule has 0 atom stereocenters. The van der Waals surface area contributed by atoms with Crippen molar-refractivity contribution in [2.75, 3.05) is 0 Å². The largest absolute Gasteiger partial charge is 0.193 e. The van der Waals surface area contributed by atoms with Gasteiger partial charge in [0.15, 0.2) is 0 Å². The van der Waals surface area contributed by atoms with E-state index in [0.29, 0.717) is 0 Å². The molecule has 0 aromatic heterocycles. The molecule has 0 saturated carbocycles. The highest BCUT2D eigenvalue weighted by Gasteiger charge is 1.34. The molecule has 0 unspecified atom stereocenters. The first-order chi connectivity index (χ1) is 1.91. The van der Waals surface area contributed by atoms with Crippen molar-refractivity contribution >= 4 is 0 Å². The first-order valence-corrected chi connectivity index (χ1v) is 0.921. The van der Waals surface area contributed by atoms with Gasteiger partial charge in [0, 0.05) is 6.08 Å². The topological polar surface area (TPSA) is 23.8 Å². The maximum absolute atomic E-state index is 7.51. The van der Waals surface area contributed by atoms with Crippen LogP contribution in [0.2, 0.25) is 0 Å². The summed E-state index contributed by atoms with van der Waals surface area (Å²) in [5.41, 5.74) is 0. The summed E-state index contributed by atoms with van der Waals surface area (Å²) in [6.07, 6.45) is 1.18. The standard InChI is InChI=1S/C3H3N/c1-2-3-4/h2H,1H2/i1+1. The minimum absolute atomic E-state index is 1.18. The van der Waals surface area contributed by atoms with Gasteiger partial charge < -0.3 is 0 Å². The van der Waals surface area contributed by atoms with E-state index in [2.05, 4.69) is 6.58 Å². The molecule has 0 amide bonds. The van der Waals surface area contributed by atoms with E-state index in [0.717, 1.165) is 0 Å². The van der Waals surface area contributed by atoms with Crippen molar-refractivity contribution in [1.29, 1.82) is 5.26 Å². The number of nitrogens with zero attached hydrogens (tertiary/aromatic N) is 1. The van der Waals surface area contributed by atoms with Crippen LogP contribution in [0, 0.1) is 11.3 Å². The van der Waals surface area contributed by atoms with E-state index in [9.17, 15) is 0 Å². The molecular weight excluding hydrogens is 51.0 g/mol. The smallest absolute Gasteiger partial charge is 0.0905 e. The van der Waals surface area contributed by atoms with Crippen molar-refractivity contribution in [3.05, 3.63) is 12.7 Å². The Morgan fingerprint density at radius 3 is 2.25 bits per heavy atom. The maximum atomic E-state index is 7.51. The molecule has 0 bridgehead atoms. The maximum Gasteiger partial charge on any atom is 0.0905 e. The van der Waals surface area contributed by atoms with Crippen LogP contribution in [0.1, 0.15) is 0 Å². The zero-order valence-electron chi connectivity index (χ0n) is 2.23. The molecule has 0 aliphatic carbocycles. The summed E-state index contributed by atoms with van der Waals surface area (Å²) in [5.74, 6) is 0. The fraction of sp³-hybridized carbons (Fsp3) is 0. The molecule has 1 nitrogen and oxygen atoms in total. The third-order valence-electron chi connectivity index (χ3n) is 0.0913. The van der Waals surface area contributed by atoms with Crippen LogP contribution in [0.3, 0.4) is 0 Å². The lowest BCUT2D eigenvalue weighted by Crippen LogP contribution is -1.23. The van der Waals surface area contributed by atoms with E-state index in [1.165, 1.54) is 6.08 Å². The van der Waals surface area contributed by atoms with Gasteiger partial charge in [0.2, 0.25) is 0 Å². The molecule has 0 heterocycles. The highest BCUT2D eigenvalue weighted by atomic mass is 14.2. The molecule has 0 radical (unpaired) electrons. The quantitative estimate of drug-likeness (QED) is 0.295. The predicted molar refractivity (Wildman–Crippen MR) is 15.8 cm³/mol. The lowest BCUT2D eigenvalue weighted by molar-refractivity contribution is 1.54. The molecule has 0 N–H and O–H groups in total. The van der Waals surface area contributed by atoms with Gasteiger partial charge >= 0.3 is 0 Å². The van der Waals surface area contributed by atoms with Crippen LogP contribution >= 0.6 is 0 Å². The van der Waals surface area contributed by atoms with Crippen LogP contribution in [-0.4, -0.2) is 0 Å². The van der Waals surface area contributed by atoms with Gasteiger partial charge in [0.1, 0.15) is 0 Å². The van der Waals surface area contributed by atoms with Crippen LogP contribution < -0.4 is 0 Å². The minimum atomic E-state index is 1.18. The summed E-state index contributed by atoms with van der Waals surface area (Å²) in [6.45, 7) is 3.12. The summed E-state index contributed by atoms with van der Waals surface area (Å²) in [7, 11) is 0. The number of rotatable bonds is 0. The van der Waals surface area contributed by atoms with Crippen molar-refractivity contribution in [1.82, 2.24) is 0 Å². The Balaban J connectivity index is 2.92. The highest BCUT2D eigenvalue weighted by Crippen LogP contribution is 1.41. The molecule has 0 aliphatic rings. The normalized spacial score (nSPS) is 3.75. The molecule has 0 fully saturated rings. The zero-order valence-corrected chi connectivity index (χ0v) is 2.23. The van der Waals surface area contributed by atoms with E-state index in [4.69, 9.17) is 5.26 Å². The Morgan fingerprint density at radius 2 is 2.25 bits per heavy atom. The van der Waals surface area contributed by atoms with E-state index < -0.39 is 0 Å². The van der Waals surface area contributed by atoms with E-state index in [-0.39, 0.29) is 0 Å². The van der Waals surface area contributed by atoms with Gasteiger partial charge in [-0.2, -0.15) is 5.26 Å². The molecule has 0 aromatic rings. The number of hydrogen-bond acceptors (Lipinski definition) is 1. The Bertz CT molecular complexity index is 48.8. The third kappa shape index (κ3) is 1.23. The summed E-state index contributed by atoms with van der Waals surface area (Å²) in [6, 6.07) is 1.69. The number of hydrogen-bond donors (Lipinski definition) is 0. The Hall–Kier alpha value is -0.770. The first kappa shape index (κ1) is 3.23. The van der Waals surface area contributed by atoms with Crippen molar-refractivity contribution in [3.63, 3.8) is 0 Å². The van der Waals surface area contributed by atoms with Gasteiger partial charge in [0.25, 0.3) is 0 Å². The second-order valence-electron chi connectivity index (χ2n) is 0.333. The lowest BCUT2D eigenvalue weighted by atomic mass is 10.8. The van der Waals surface area contributed by atoms with E-state index >= 15 is 0 Å². The van der Waals surface area contributed by atoms with E-state index in [1.54, 1.807) is 6.07 Å². The molecule has 0 spiro atoms. The van der Waals surface area contributed by atoms with Gasteiger partial charge in [-0.1, -0.05) is 6.58 Å². The van der Waals surface area contributed by atoms with Gasteiger partial charge in [-0.15, -0.1) is 0 Å². The predicted octanol–water partition coefficient (Wildman–Crippen LogP) is 0.696. The Labute approximate surface area is 25.2 Å². The monoisotopic (exact) mass is 54.0 g/mol. The van der Waals surface area contributed by atoms with Gasteiger partial charge in [-0.05, 0) is 0 Å². The lowest BCUT2D eigenvalue weighted by Gasteiger charge is -1.31. The van der Waals surface area contributed by atoms with Gasteiger partial charge in [-0.3, -0.25) is 0 Å². The van der Waals surface area contributed by atoms with Crippen LogP contribution in [0.25, 0.3) is 0 Å². The Kier molecular flexibility index (Phi) is 1.80. The number of nitriles is 1. The summed E-state index contributed by atoms with van der Waals surface area (Å²) >= 11 is 0. The van der Waals surface area contributed by atoms with Crippen molar-refractivity contribution in [2.45, 2.75) is 0 Å². The molecule has 0 aromatic carbocycles. The third-order valence-corrected chi connectivity index (χ3v) is 0.0913. The molecule has 1 heteroatoms. The van der Waals surface area contributed by atoms with E-state index in [1.807, 2.05) is 0 Å². The van der Waals surface area contributed by atoms with Crippen LogP contribution in [0.5, 0.6) is 0 Å². The number of allylic oxidation sites excluding steroid dienone is 1. The second-order valence-corrected chi connectivity index (χ2v) is 0.333. The SMILES string of the molecule is [13CH2]=CC#N. The Morgan fingerprint density at radius 1 is 2.00 bits per heavy atom. The van der Waals surface area contributed by atoms with Crippen molar-refractivity contribution in [2.24, 2.45) is 0 Å². The average Bonchev–Trinajstić information content (AvgIpc) is 1.37. The fourth-order valence-corrected chi connectivity index (χ4v) is 0. The van der Waals surface area contributed by atoms with Crippen molar-refractivity contribution < 1.29 is 0 Å². The minimum Gasteiger partial charge on any atom is -0.193 e. The summed E-state index contributed by atoms with van der Waals surface area (Å²) in [5, 5.41) is 7.51. The van der Waals surface area contributed by atoms with Gasteiger partial charge in [0.05, 0.1) is 6.07 Å². The molecular formula is C3H3N. The summed E-state index contributed by atoms with van der Waals surface area (Å²) < 4.78 is 0. The zero-order chi connectivity index (χ0) is 3.41. The van der Waals surface area contributed by atoms with Crippen LogP contribution in [0.15, 0.2) is 12.7 Å². The average molecular weight is 54.1 g/mol. The molecule has 20 valence electrons. The molecule has 4 heavy (non-hydrogen) atoms. The second kappa shape index (κ2) is 2.23. The van der Waals surface area contributed by atoms with Crippen LogP contribution in [-0.2, 0) is 0 Å². The van der Waals surface area contributed by atoms with Crippen LogP contribution in [0.4, 0.5) is 0 Å². The molecule has 0 saturated heterocycles. The summed E-state index contributed by atoms with van der Waals surface area (Å²) in [4.78, 5) is 0.